The summed E-state index contributed by atoms with van der Waals surface area (Å²) < 4.78 is 6.98. The van der Waals surface area contributed by atoms with E-state index in [9.17, 15) is 4.79 Å². The molecule has 1 aliphatic rings. The summed E-state index contributed by atoms with van der Waals surface area (Å²) in [6, 6.07) is 0. The lowest BCUT2D eigenvalue weighted by atomic mass is 9.77. The molecule has 0 N–H and O–H groups in total. The van der Waals surface area contributed by atoms with E-state index in [1.54, 1.807) is 12.4 Å². The largest absolute Gasteiger partial charge is 0.443 e. The van der Waals surface area contributed by atoms with Gasteiger partial charge in [-0.05, 0) is 45.4 Å². The van der Waals surface area contributed by atoms with Gasteiger partial charge in [0.2, 0.25) is 0 Å². The lowest BCUT2D eigenvalue weighted by Gasteiger charge is -2.36. The fraction of sp³-hybridized carbons (Fsp3) is 0.571. The predicted molar refractivity (Wildman–Crippen MR) is 69.3 cm³/mol. The molecule has 4 nitrogen and oxygen atoms in total. The van der Waals surface area contributed by atoms with Crippen molar-refractivity contribution >= 4 is 6.09 Å². The molecule has 0 spiro atoms. The van der Waals surface area contributed by atoms with Gasteiger partial charge < -0.3 is 4.74 Å². The SMILES string of the molecule is C=C(C)C1CCC(C)(OC(=O)n2ccnc2)CC1. The third kappa shape index (κ3) is 2.81. The van der Waals surface area contributed by atoms with Crippen molar-refractivity contribution in [3.05, 3.63) is 30.9 Å². The van der Waals surface area contributed by atoms with E-state index in [1.165, 1.54) is 16.5 Å². The first kappa shape index (κ1) is 12.9. The Bertz CT molecular complexity index is 429. The molecule has 4 heteroatoms. The van der Waals surface area contributed by atoms with Gasteiger partial charge >= 0.3 is 6.09 Å². The van der Waals surface area contributed by atoms with Crippen LogP contribution in [0, 0.1) is 5.92 Å². The van der Waals surface area contributed by atoms with Crippen LogP contribution in [0.25, 0.3) is 0 Å². The van der Waals surface area contributed by atoms with Gasteiger partial charge in [0, 0.05) is 12.4 Å². The fourth-order valence-electron chi connectivity index (χ4n) is 2.45. The minimum Gasteiger partial charge on any atom is -0.443 e. The molecule has 18 heavy (non-hydrogen) atoms. The van der Waals surface area contributed by atoms with Gasteiger partial charge in [0.1, 0.15) is 11.9 Å². The lowest BCUT2D eigenvalue weighted by Crippen LogP contribution is -2.37. The molecule has 98 valence electrons. The highest BCUT2D eigenvalue weighted by molar-refractivity contribution is 5.70. The maximum absolute atomic E-state index is 11.9. The molecule has 0 aromatic carbocycles. The number of imidazole rings is 1. The number of ether oxygens (including phenoxy) is 1. The molecule has 1 aromatic rings. The van der Waals surface area contributed by atoms with E-state index >= 15 is 0 Å². The van der Waals surface area contributed by atoms with Crippen LogP contribution in [0.1, 0.15) is 39.5 Å². The van der Waals surface area contributed by atoms with Crippen molar-refractivity contribution in [3.63, 3.8) is 0 Å². The van der Waals surface area contributed by atoms with Crippen LogP contribution in [0.3, 0.4) is 0 Å². The number of rotatable bonds is 2. The van der Waals surface area contributed by atoms with Crippen molar-refractivity contribution < 1.29 is 9.53 Å². The van der Waals surface area contributed by atoms with Crippen molar-refractivity contribution in [1.82, 2.24) is 9.55 Å². The molecule has 0 bridgehead atoms. The Morgan fingerprint density at radius 3 is 2.67 bits per heavy atom. The van der Waals surface area contributed by atoms with Gasteiger partial charge in [0.05, 0.1) is 0 Å². The first-order valence-corrected chi connectivity index (χ1v) is 6.37. The van der Waals surface area contributed by atoms with Crippen LogP contribution in [0.5, 0.6) is 0 Å². The summed E-state index contributed by atoms with van der Waals surface area (Å²) in [5, 5.41) is 0. The highest BCUT2D eigenvalue weighted by atomic mass is 16.6. The summed E-state index contributed by atoms with van der Waals surface area (Å²) in [4.78, 5) is 15.7. The number of carbonyl (C=O) groups is 1. The number of aromatic nitrogens is 2. The predicted octanol–water partition coefficient (Wildman–Crippen LogP) is 3.39. The molecule has 0 amide bonds. The Morgan fingerprint density at radius 1 is 1.50 bits per heavy atom. The van der Waals surface area contributed by atoms with Crippen molar-refractivity contribution in [2.24, 2.45) is 5.92 Å². The first-order valence-electron chi connectivity index (χ1n) is 6.37. The third-order valence-corrected chi connectivity index (χ3v) is 3.79. The topological polar surface area (TPSA) is 44.1 Å². The molecule has 0 atom stereocenters. The van der Waals surface area contributed by atoms with Gasteiger partial charge in [0.25, 0.3) is 0 Å². The monoisotopic (exact) mass is 248 g/mol. The van der Waals surface area contributed by atoms with E-state index in [4.69, 9.17) is 4.74 Å². The molecule has 0 unspecified atom stereocenters. The first-order chi connectivity index (χ1) is 8.50. The summed E-state index contributed by atoms with van der Waals surface area (Å²) in [6.07, 6.45) is 8.17. The van der Waals surface area contributed by atoms with Crippen LogP contribution in [-0.2, 0) is 4.74 Å². The highest BCUT2D eigenvalue weighted by Gasteiger charge is 2.34. The number of hydrogen-bond donors (Lipinski definition) is 0. The standard InChI is InChI=1S/C14H20N2O2/c1-11(2)12-4-6-14(3,7-5-12)18-13(17)16-9-8-15-10-16/h8-10,12H,1,4-7H2,2-3H3. The smallest absolute Gasteiger partial charge is 0.419 e. The minimum absolute atomic E-state index is 0.344. The molecule has 0 aliphatic heterocycles. The Hall–Kier alpha value is -1.58. The molecule has 1 saturated carbocycles. The van der Waals surface area contributed by atoms with Crippen LogP contribution in [-0.4, -0.2) is 21.2 Å². The van der Waals surface area contributed by atoms with Crippen LogP contribution in [0.4, 0.5) is 4.79 Å². The Labute approximate surface area is 108 Å². The summed E-state index contributed by atoms with van der Waals surface area (Å²) >= 11 is 0. The summed E-state index contributed by atoms with van der Waals surface area (Å²) in [7, 11) is 0. The second kappa shape index (κ2) is 4.96. The summed E-state index contributed by atoms with van der Waals surface area (Å²) in [5.41, 5.74) is 0.880. The molecular weight excluding hydrogens is 228 g/mol. The second-order valence-electron chi connectivity index (χ2n) is 5.41. The van der Waals surface area contributed by atoms with Gasteiger partial charge in [-0.15, -0.1) is 0 Å². The lowest BCUT2D eigenvalue weighted by molar-refractivity contribution is -0.00868. The third-order valence-electron chi connectivity index (χ3n) is 3.79. The number of carbonyl (C=O) groups excluding carboxylic acids is 1. The van der Waals surface area contributed by atoms with E-state index < -0.39 is 0 Å². The Kier molecular flexibility index (Phi) is 3.55. The van der Waals surface area contributed by atoms with Crippen molar-refractivity contribution in [2.75, 3.05) is 0 Å². The Morgan fingerprint density at radius 2 is 2.17 bits per heavy atom. The molecular formula is C14H20N2O2. The molecule has 0 radical (unpaired) electrons. The van der Waals surface area contributed by atoms with Crippen molar-refractivity contribution in [1.29, 1.82) is 0 Å². The van der Waals surface area contributed by atoms with Gasteiger partial charge in [-0.3, -0.25) is 0 Å². The van der Waals surface area contributed by atoms with E-state index in [0.29, 0.717) is 5.92 Å². The van der Waals surface area contributed by atoms with Gasteiger partial charge in [0.15, 0.2) is 0 Å². The van der Waals surface area contributed by atoms with E-state index in [-0.39, 0.29) is 11.7 Å². The molecule has 1 heterocycles. The molecule has 0 saturated heterocycles. The maximum Gasteiger partial charge on any atom is 0.419 e. The van der Waals surface area contributed by atoms with E-state index in [1.807, 2.05) is 6.92 Å². The van der Waals surface area contributed by atoms with Gasteiger partial charge in [-0.2, -0.15) is 0 Å². The van der Waals surface area contributed by atoms with Crippen LogP contribution < -0.4 is 0 Å². The van der Waals surface area contributed by atoms with Crippen LogP contribution in [0.2, 0.25) is 0 Å². The number of nitrogens with zero attached hydrogens (tertiary/aromatic N) is 2. The molecule has 1 fully saturated rings. The van der Waals surface area contributed by atoms with Gasteiger partial charge in [-0.25, -0.2) is 14.3 Å². The average molecular weight is 248 g/mol. The quantitative estimate of drug-likeness (QED) is 0.753. The van der Waals surface area contributed by atoms with E-state index in [2.05, 4.69) is 18.5 Å². The molecule has 1 aliphatic carbocycles. The van der Waals surface area contributed by atoms with Crippen LogP contribution in [0.15, 0.2) is 30.9 Å². The fourth-order valence-corrected chi connectivity index (χ4v) is 2.45. The van der Waals surface area contributed by atoms with Crippen molar-refractivity contribution in [2.45, 2.75) is 45.1 Å². The zero-order valence-corrected chi connectivity index (χ0v) is 11.1. The minimum atomic E-state index is -0.354. The Balaban J connectivity index is 1.94. The number of allylic oxidation sites excluding steroid dienone is 1. The zero-order chi connectivity index (χ0) is 13.2. The average Bonchev–Trinajstić information content (AvgIpc) is 2.82. The van der Waals surface area contributed by atoms with E-state index in [0.717, 1.165) is 25.7 Å². The van der Waals surface area contributed by atoms with Gasteiger partial charge in [-0.1, -0.05) is 12.2 Å². The van der Waals surface area contributed by atoms with Crippen LogP contribution >= 0.6 is 0 Å². The second-order valence-corrected chi connectivity index (χ2v) is 5.41. The molecule has 1 aromatic heterocycles. The zero-order valence-electron chi connectivity index (χ0n) is 11.1. The normalized spacial score (nSPS) is 27.8. The molecule has 2 rings (SSSR count). The highest BCUT2D eigenvalue weighted by Crippen LogP contribution is 2.37. The summed E-state index contributed by atoms with van der Waals surface area (Å²) in [6.45, 7) is 8.09. The number of hydrogen-bond acceptors (Lipinski definition) is 3. The maximum atomic E-state index is 11.9. The van der Waals surface area contributed by atoms with Crippen molar-refractivity contribution in [3.8, 4) is 0 Å². The summed E-state index contributed by atoms with van der Waals surface area (Å²) in [5.74, 6) is 0.574.